The van der Waals surface area contributed by atoms with E-state index in [1.165, 1.54) is 19.3 Å². The third-order valence-corrected chi connectivity index (χ3v) is 1.28. The molecule has 2 atom stereocenters. The van der Waals surface area contributed by atoms with E-state index < -0.39 is 0 Å². The van der Waals surface area contributed by atoms with E-state index >= 15 is 0 Å². The fourth-order valence-corrected chi connectivity index (χ4v) is 0.726. The normalized spacial score (nSPS) is 7.44. The molecule has 1 nitrogen and oxygen atoms in total. The van der Waals surface area contributed by atoms with Crippen LogP contribution in [0.4, 0.5) is 0 Å². The standard InChI is InChI=1S/C5H11O.2H3P.Pt/c1-2-3-4-5-6;;;/h2-5H2,1H3;2*1H3;/q-1;;;+1. The van der Waals surface area contributed by atoms with Crippen molar-refractivity contribution in [1.82, 2.24) is 0 Å². The first kappa shape index (κ1) is 16.9. The zero-order valence-corrected chi connectivity index (χ0v) is 11.1. The van der Waals surface area contributed by atoms with Gasteiger partial charge in [0.1, 0.15) is 0 Å². The summed E-state index contributed by atoms with van der Waals surface area (Å²) >= 11 is 1.91. The second kappa shape index (κ2) is 16.3. The molecule has 63 valence electrons. The monoisotopic (exact) mass is 350 g/mol. The van der Waals surface area contributed by atoms with E-state index in [-0.39, 0.29) is 19.8 Å². The molecule has 4 heteroatoms. The molecular weight excluding hydrogens is 333 g/mol. The van der Waals surface area contributed by atoms with Crippen molar-refractivity contribution in [1.29, 1.82) is 0 Å². The summed E-state index contributed by atoms with van der Waals surface area (Å²) in [5.74, 6) is 0. The van der Waals surface area contributed by atoms with Gasteiger partial charge in [0.15, 0.2) is 0 Å². The Morgan fingerprint density at radius 1 is 1.22 bits per heavy atom. The molecule has 0 aromatic rings. The van der Waals surface area contributed by atoms with Gasteiger partial charge >= 0.3 is 56.4 Å². The first-order valence-corrected chi connectivity index (χ1v) is 3.55. The van der Waals surface area contributed by atoms with E-state index in [0.717, 1.165) is 6.61 Å². The van der Waals surface area contributed by atoms with Gasteiger partial charge in [0, 0.05) is 0 Å². The zero-order valence-electron chi connectivity index (χ0n) is 5.97. The van der Waals surface area contributed by atoms with E-state index in [2.05, 4.69) is 6.92 Å². The SMILES string of the molecule is CCCCC[O][Pt].P.P. The molecule has 0 aromatic carbocycles. The molecule has 0 fully saturated rings. The first-order valence-electron chi connectivity index (χ1n) is 2.62. The summed E-state index contributed by atoms with van der Waals surface area (Å²) in [4.78, 5) is 0. The van der Waals surface area contributed by atoms with E-state index in [9.17, 15) is 0 Å². The molecule has 2 unspecified atom stereocenters. The van der Waals surface area contributed by atoms with Crippen LogP contribution >= 0.6 is 19.8 Å². The summed E-state index contributed by atoms with van der Waals surface area (Å²) in [5.41, 5.74) is 0. The molecular formula is C5H17OP2Pt. The van der Waals surface area contributed by atoms with Crippen molar-refractivity contribution in [2.24, 2.45) is 0 Å². The third-order valence-electron chi connectivity index (χ3n) is 0.812. The van der Waals surface area contributed by atoms with Gasteiger partial charge in [0.05, 0.1) is 0 Å². The van der Waals surface area contributed by atoms with E-state index in [1.54, 1.807) is 0 Å². The summed E-state index contributed by atoms with van der Waals surface area (Å²) in [5, 5.41) is 0. The van der Waals surface area contributed by atoms with Crippen LogP contribution in [0.5, 0.6) is 0 Å². The Hall–Kier alpha value is 1.51. The van der Waals surface area contributed by atoms with Gasteiger partial charge in [0.2, 0.25) is 0 Å². The van der Waals surface area contributed by atoms with Gasteiger partial charge in [-0.2, -0.15) is 19.8 Å². The van der Waals surface area contributed by atoms with Gasteiger partial charge in [-0.15, -0.1) is 0 Å². The second-order valence-corrected chi connectivity index (χ2v) is 2.16. The molecule has 0 heterocycles. The van der Waals surface area contributed by atoms with E-state index in [4.69, 9.17) is 3.39 Å². The molecule has 0 saturated heterocycles. The second-order valence-electron chi connectivity index (χ2n) is 1.50. The molecule has 0 amide bonds. The van der Waals surface area contributed by atoms with Crippen LogP contribution in [-0.4, -0.2) is 6.61 Å². The summed E-state index contributed by atoms with van der Waals surface area (Å²) in [6.45, 7) is 3.10. The fourth-order valence-electron chi connectivity index (χ4n) is 0.398. The first-order chi connectivity index (χ1) is 3.41. The molecule has 0 aliphatic carbocycles. The van der Waals surface area contributed by atoms with Crippen LogP contribution < -0.4 is 0 Å². The maximum absolute atomic E-state index is 4.82. The predicted molar refractivity (Wildman–Crippen MR) is 47.7 cm³/mol. The number of rotatable bonds is 4. The van der Waals surface area contributed by atoms with Gasteiger partial charge in [-0.25, -0.2) is 0 Å². The Balaban J connectivity index is -0.000000180. The van der Waals surface area contributed by atoms with Gasteiger partial charge in [0.25, 0.3) is 0 Å². The predicted octanol–water partition coefficient (Wildman–Crippen LogP) is 1.77. The number of hydrogen-bond acceptors (Lipinski definition) is 1. The summed E-state index contributed by atoms with van der Waals surface area (Å²) in [7, 11) is 0. The van der Waals surface area contributed by atoms with Crippen molar-refractivity contribution in [2.75, 3.05) is 6.61 Å². The zero-order chi connectivity index (χ0) is 5.54. The minimum atomic E-state index is 0. The van der Waals surface area contributed by atoms with Crippen LogP contribution in [0.2, 0.25) is 0 Å². The molecule has 0 N–H and O–H groups in total. The van der Waals surface area contributed by atoms with Gasteiger partial charge < -0.3 is 0 Å². The van der Waals surface area contributed by atoms with Gasteiger partial charge in [-0.1, -0.05) is 0 Å². The molecule has 0 aliphatic heterocycles. The maximum atomic E-state index is 4.82. The molecule has 0 bridgehead atoms. The minimum Gasteiger partial charge on any atom is -0.153 e. The number of unbranched alkanes of at least 4 members (excludes halogenated alkanes) is 2. The average molecular weight is 350 g/mol. The fraction of sp³-hybridized carbons (Fsp3) is 1.00. The van der Waals surface area contributed by atoms with Gasteiger partial charge in [-0.3, -0.25) is 0 Å². The minimum absolute atomic E-state index is 0. The quantitative estimate of drug-likeness (QED) is 0.555. The van der Waals surface area contributed by atoms with Crippen LogP contribution in [-0.2, 0) is 23.6 Å². The van der Waals surface area contributed by atoms with Crippen LogP contribution in [0, 0.1) is 0 Å². The molecule has 0 aromatic heterocycles. The molecule has 0 rings (SSSR count). The van der Waals surface area contributed by atoms with Crippen molar-refractivity contribution < 1.29 is 23.6 Å². The number of hydrogen-bond donors (Lipinski definition) is 0. The van der Waals surface area contributed by atoms with Crippen LogP contribution in [0.1, 0.15) is 26.2 Å². The largest absolute Gasteiger partial charge is 0.153 e. The van der Waals surface area contributed by atoms with Gasteiger partial charge in [-0.05, 0) is 0 Å². The topological polar surface area (TPSA) is 9.23 Å². The van der Waals surface area contributed by atoms with Crippen molar-refractivity contribution in [3.63, 3.8) is 0 Å². The molecule has 0 aliphatic rings. The van der Waals surface area contributed by atoms with Crippen LogP contribution in [0.3, 0.4) is 0 Å². The van der Waals surface area contributed by atoms with Crippen LogP contribution in [0.25, 0.3) is 0 Å². The Morgan fingerprint density at radius 2 is 1.78 bits per heavy atom. The summed E-state index contributed by atoms with van der Waals surface area (Å²) in [6.07, 6.45) is 3.78. The molecule has 0 radical (unpaired) electrons. The third kappa shape index (κ3) is 17.7. The van der Waals surface area contributed by atoms with Crippen molar-refractivity contribution >= 4 is 19.8 Å². The van der Waals surface area contributed by atoms with Crippen molar-refractivity contribution in [2.45, 2.75) is 26.2 Å². The Kier molecular flexibility index (Phi) is 30.4. The Labute approximate surface area is 76.3 Å². The average Bonchev–Trinajstić information content (AvgIpc) is 1.69. The van der Waals surface area contributed by atoms with E-state index in [0.29, 0.717) is 0 Å². The maximum Gasteiger partial charge on any atom is -0.153 e. The Bertz CT molecular complexity index is 34.1. The van der Waals surface area contributed by atoms with Crippen LogP contribution in [0.15, 0.2) is 0 Å². The summed E-state index contributed by atoms with van der Waals surface area (Å²) < 4.78 is 4.82. The molecule has 9 heavy (non-hydrogen) atoms. The molecule has 0 spiro atoms. The van der Waals surface area contributed by atoms with E-state index in [1.807, 2.05) is 20.2 Å². The van der Waals surface area contributed by atoms with Crippen molar-refractivity contribution in [3.05, 3.63) is 0 Å². The Morgan fingerprint density at radius 3 is 2.11 bits per heavy atom. The summed E-state index contributed by atoms with van der Waals surface area (Å²) in [6, 6.07) is 0. The van der Waals surface area contributed by atoms with Crippen molar-refractivity contribution in [3.8, 4) is 0 Å². The molecule has 0 saturated carbocycles. The smallest absolute Gasteiger partial charge is 0.153 e.